The SMILES string of the molecule is Cc1cccc(C)c1-c1cnc(-c2cccc3c2oc2ccc4sccc4c23)cc1C(C)(C)C. The molecule has 0 amide bonds. The summed E-state index contributed by atoms with van der Waals surface area (Å²) in [6.07, 6.45) is 2.06. The van der Waals surface area contributed by atoms with Crippen LogP contribution in [0.3, 0.4) is 0 Å². The van der Waals surface area contributed by atoms with E-state index in [1.165, 1.54) is 43.3 Å². The zero-order chi connectivity index (χ0) is 23.6. The summed E-state index contributed by atoms with van der Waals surface area (Å²) >= 11 is 1.77. The van der Waals surface area contributed by atoms with Gasteiger partial charge in [0.1, 0.15) is 11.2 Å². The van der Waals surface area contributed by atoms with E-state index in [1.54, 1.807) is 11.3 Å². The van der Waals surface area contributed by atoms with Crippen molar-refractivity contribution in [3.63, 3.8) is 0 Å². The van der Waals surface area contributed by atoms with Crippen molar-refractivity contribution < 1.29 is 4.42 Å². The van der Waals surface area contributed by atoms with Crippen LogP contribution in [0.5, 0.6) is 0 Å². The third-order valence-corrected chi connectivity index (χ3v) is 7.71. The monoisotopic (exact) mass is 461 g/mol. The van der Waals surface area contributed by atoms with Crippen molar-refractivity contribution in [2.45, 2.75) is 40.0 Å². The highest BCUT2D eigenvalue weighted by molar-refractivity contribution is 7.17. The van der Waals surface area contributed by atoms with Crippen LogP contribution in [-0.2, 0) is 5.41 Å². The molecule has 0 saturated carbocycles. The highest BCUT2D eigenvalue weighted by Gasteiger charge is 2.23. The second-order valence-corrected chi connectivity index (χ2v) is 11.1. The molecule has 0 radical (unpaired) electrons. The van der Waals surface area contributed by atoms with Crippen LogP contribution in [-0.4, -0.2) is 4.98 Å². The Balaban J connectivity index is 1.62. The van der Waals surface area contributed by atoms with Crippen LogP contribution < -0.4 is 0 Å². The van der Waals surface area contributed by atoms with Gasteiger partial charge in [0.2, 0.25) is 0 Å². The smallest absolute Gasteiger partial charge is 0.144 e. The van der Waals surface area contributed by atoms with Crippen molar-refractivity contribution in [3.8, 4) is 22.4 Å². The van der Waals surface area contributed by atoms with E-state index in [0.29, 0.717) is 0 Å². The average Bonchev–Trinajstić information content (AvgIpc) is 3.42. The zero-order valence-electron chi connectivity index (χ0n) is 20.2. The minimum atomic E-state index is -0.0354. The van der Waals surface area contributed by atoms with Gasteiger partial charge >= 0.3 is 0 Å². The van der Waals surface area contributed by atoms with Crippen molar-refractivity contribution in [3.05, 3.63) is 88.9 Å². The van der Waals surface area contributed by atoms with Gasteiger partial charge in [0, 0.05) is 38.2 Å². The van der Waals surface area contributed by atoms with Gasteiger partial charge in [-0.05, 0) is 77.2 Å². The van der Waals surface area contributed by atoms with E-state index in [2.05, 4.69) is 107 Å². The number of benzene rings is 3. The minimum absolute atomic E-state index is 0.0354. The number of rotatable bonds is 2. The molecule has 34 heavy (non-hydrogen) atoms. The summed E-state index contributed by atoms with van der Waals surface area (Å²) in [6, 6.07) is 21.6. The number of hydrogen-bond donors (Lipinski definition) is 0. The molecule has 0 aliphatic rings. The predicted octanol–water partition coefficient (Wildman–Crippen LogP) is 9.44. The fourth-order valence-electron chi connectivity index (χ4n) is 5.20. The zero-order valence-corrected chi connectivity index (χ0v) is 21.0. The number of pyridine rings is 1. The van der Waals surface area contributed by atoms with Gasteiger partial charge in [0.05, 0.1) is 5.69 Å². The first-order valence-corrected chi connectivity index (χ1v) is 12.6. The van der Waals surface area contributed by atoms with Gasteiger partial charge in [-0.25, -0.2) is 0 Å². The van der Waals surface area contributed by atoms with Crippen LogP contribution >= 0.6 is 11.3 Å². The van der Waals surface area contributed by atoms with E-state index in [4.69, 9.17) is 9.40 Å². The van der Waals surface area contributed by atoms with Gasteiger partial charge in [-0.15, -0.1) is 11.3 Å². The van der Waals surface area contributed by atoms with Crippen LogP contribution in [0.4, 0.5) is 0 Å². The van der Waals surface area contributed by atoms with Gasteiger partial charge in [-0.2, -0.15) is 0 Å². The predicted molar refractivity (Wildman–Crippen MR) is 146 cm³/mol. The van der Waals surface area contributed by atoms with Crippen molar-refractivity contribution in [1.82, 2.24) is 4.98 Å². The van der Waals surface area contributed by atoms with Crippen LogP contribution in [0.25, 0.3) is 54.4 Å². The average molecular weight is 462 g/mol. The van der Waals surface area contributed by atoms with E-state index in [1.807, 2.05) is 0 Å². The topological polar surface area (TPSA) is 26.0 Å². The maximum absolute atomic E-state index is 6.46. The summed E-state index contributed by atoms with van der Waals surface area (Å²) in [5.41, 5.74) is 10.1. The van der Waals surface area contributed by atoms with Crippen LogP contribution in [0.2, 0.25) is 0 Å². The molecule has 0 atom stereocenters. The van der Waals surface area contributed by atoms with E-state index in [0.717, 1.165) is 27.8 Å². The van der Waals surface area contributed by atoms with Crippen molar-refractivity contribution >= 4 is 43.4 Å². The lowest BCUT2D eigenvalue weighted by molar-refractivity contribution is 0.591. The molecule has 0 saturated heterocycles. The number of aryl methyl sites for hydroxylation is 2. The van der Waals surface area contributed by atoms with E-state index in [-0.39, 0.29) is 5.41 Å². The first-order chi connectivity index (χ1) is 16.3. The Morgan fingerprint density at radius 3 is 2.35 bits per heavy atom. The second-order valence-electron chi connectivity index (χ2n) is 10.2. The highest BCUT2D eigenvalue weighted by atomic mass is 32.1. The standard InChI is InChI=1S/C31H27NOS/c1-18-8-6-9-19(2)28(18)23-17-32-25(16-24(23)31(3,4)5)20-10-7-11-22-29-21-14-15-34-27(21)13-12-26(29)33-30(20)22/h6-17H,1-5H3. The lowest BCUT2D eigenvalue weighted by Gasteiger charge is -2.25. The van der Waals surface area contributed by atoms with Gasteiger partial charge in [0.25, 0.3) is 0 Å². The summed E-state index contributed by atoms with van der Waals surface area (Å²) in [5, 5.41) is 5.75. The van der Waals surface area contributed by atoms with Crippen molar-refractivity contribution in [2.24, 2.45) is 0 Å². The second kappa shape index (κ2) is 7.54. The van der Waals surface area contributed by atoms with E-state index in [9.17, 15) is 0 Å². The Hall–Kier alpha value is -3.43. The van der Waals surface area contributed by atoms with Gasteiger partial charge in [-0.3, -0.25) is 4.98 Å². The van der Waals surface area contributed by atoms with Crippen LogP contribution in [0, 0.1) is 13.8 Å². The molecule has 168 valence electrons. The first-order valence-electron chi connectivity index (χ1n) is 11.7. The Morgan fingerprint density at radius 1 is 0.824 bits per heavy atom. The number of furan rings is 1. The molecule has 0 aliphatic heterocycles. The molecule has 0 N–H and O–H groups in total. The number of para-hydroxylation sites is 1. The maximum atomic E-state index is 6.46. The molecule has 3 aromatic heterocycles. The first kappa shape index (κ1) is 21.1. The summed E-state index contributed by atoms with van der Waals surface area (Å²) < 4.78 is 7.74. The molecule has 3 aromatic carbocycles. The van der Waals surface area contributed by atoms with Gasteiger partial charge in [0.15, 0.2) is 0 Å². The fourth-order valence-corrected chi connectivity index (χ4v) is 6.00. The number of aromatic nitrogens is 1. The molecule has 0 unspecified atom stereocenters. The molecule has 0 spiro atoms. The molecular formula is C31H27NOS. The molecule has 3 heteroatoms. The van der Waals surface area contributed by atoms with Crippen molar-refractivity contribution in [2.75, 3.05) is 0 Å². The summed E-state index contributed by atoms with van der Waals surface area (Å²) in [5.74, 6) is 0. The molecule has 0 aliphatic carbocycles. The molecular weight excluding hydrogens is 434 g/mol. The Kier molecular flexibility index (Phi) is 4.69. The largest absolute Gasteiger partial charge is 0.455 e. The highest BCUT2D eigenvalue weighted by Crippen LogP contribution is 2.42. The number of nitrogens with zero attached hydrogens (tertiary/aromatic N) is 1. The fraction of sp³-hybridized carbons (Fsp3) is 0.194. The molecule has 6 aromatic rings. The lowest BCUT2D eigenvalue weighted by atomic mass is 9.80. The minimum Gasteiger partial charge on any atom is -0.455 e. The van der Waals surface area contributed by atoms with Crippen LogP contribution in [0.15, 0.2) is 76.7 Å². The Morgan fingerprint density at radius 2 is 1.59 bits per heavy atom. The van der Waals surface area contributed by atoms with Crippen molar-refractivity contribution in [1.29, 1.82) is 0 Å². The summed E-state index contributed by atoms with van der Waals surface area (Å²) in [4.78, 5) is 5.00. The van der Waals surface area contributed by atoms with Gasteiger partial charge < -0.3 is 4.42 Å². The Labute approximate surface area is 203 Å². The molecule has 2 nitrogen and oxygen atoms in total. The molecule has 0 fully saturated rings. The number of hydrogen-bond acceptors (Lipinski definition) is 3. The molecule has 0 bridgehead atoms. The summed E-state index contributed by atoms with van der Waals surface area (Å²) in [7, 11) is 0. The lowest BCUT2D eigenvalue weighted by Crippen LogP contribution is -2.14. The van der Waals surface area contributed by atoms with E-state index < -0.39 is 0 Å². The molecule has 3 heterocycles. The third-order valence-electron chi connectivity index (χ3n) is 6.83. The quantitative estimate of drug-likeness (QED) is 0.257. The normalized spacial score (nSPS) is 12.3. The number of thiophene rings is 1. The summed E-state index contributed by atoms with van der Waals surface area (Å²) in [6.45, 7) is 11.2. The van der Waals surface area contributed by atoms with E-state index >= 15 is 0 Å². The molecule has 6 rings (SSSR count). The number of fused-ring (bicyclic) bond motifs is 5. The van der Waals surface area contributed by atoms with Gasteiger partial charge in [-0.1, -0.05) is 51.1 Å². The third kappa shape index (κ3) is 3.19. The Bertz CT molecular complexity index is 1690. The maximum Gasteiger partial charge on any atom is 0.144 e. The van der Waals surface area contributed by atoms with Crippen LogP contribution in [0.1, 0.15) is 37.5 Å².